The van der Waals surface area contributed by atoms with Crippen molar-refractivity contribution in [3.05, 3.63) is 0 Å². The second-order valence-corrected chi connectivity index (χ2v) is 3.74. The molecule has 4 N–H and O–H groups in total. The van der Waals surface area contributed by atoms with E-state index in [0.717, 1.165) is 19.4 Å². The minimum Gasteiger partial charge on any atom is -0.366 e. The molecule has 3 nitrogen and oxygen atoms in total. The Morgan fingerprint density at radius 3 is 2.40 bits per heavy atom. The summed E-state index contributed by atoms with van der Waals surface area (Å²) in [4.78, 5) is 0. The van der Waals surface area contributed by atoms with Crippen molar-refractivity contribution in [1.29, 1.82) is 0 Å². The van der Waals surface area contributed by atoms with Crippen LogP contribution >= 0.6 is 0 Å². The van der Waals surface area contributed by atoms with Gasteiger partial charge in [0.2, 0.25) is 0 Å². The standard InChI is InChI=1S/C7H14N2O/c1-6(9)3-2-5(8)7(6)4-10-7/h5H,2-4,8-9H2,1H3. The molecular formula is C7H14N2O. The zero-order chi connectivity index (χ0) is 7.41. The third-order valence-electron chi connectivity index (χ3n) is 3.00. The quantitative estimate of drug-likeness (QED) is 0.452. The molecule has 2 fully saturated rings. The minimum absolute atomic E-state index is 0.146. The Morgan fingerprint density at radius 1 is 1.60 bits per heavy atom. The summed E-state index contributed by atoms with van der Waals surface area (Å²) < 4.78 is 5.33. The molecule has 0 amide bonds. The van der Waals surface area contributed by atoms with E-state index in [0.29, 0.717) is 0 Å². The highest BCUT2D eigenvalue weighted by Crippen LogP contribution is 2.48. The van der Waals surface area contributed by atoms with Gasteiger partial charge in [-0.1, -0.05) is 0 Å². The molecule has 3 unspecified atom stereocenters. The maximum absolute atomic E-state index is 6.00. The summed E-state index contributed by atoms with van der Waals surface area (Å²) >= 11 is 0. The topological polar surface area (TPSA) is 64.6 Å². The van der Waals surface area contributed by atoms with Gasteiger partial charge < -0.3 is 16.2 Å². The zero-order valence-electron chi connectivity index (χ0n) is 6.26. The monoisotopic (exact) mass is 142 g/mol. The lowest BCUT2D eigenvalue weighted by molar-refractivity contribution is 0.211. The van der Waals surface area contributed by atoms with E-state index in [9.17, 15) is 0 Å². The number of rotatable bonds is 0. The molecule has 0 aromatic rings. The van der Waals surface area contributed by atoms with Gasteiger partial charge in [0.1, 0.15) is 5.60 Å². The molecule has 3 heteroatoms. The van der Waals surface area contributed by atoms with Crippen LogP contribution in [0, 0.1) is 0 Å². The molecule has 1 saturated carbocycles. The summed E-state index contributed by atoms with van der Waals surface area (Å²) in [5, 5.41) is 0. The van der Waals surface area contributed by atoms with Crippen molar-refractivity contribution in [3.8, 4) is 0 Å². The van der Waals surface area contributed by atoms with E-state index in [1.54, 1.807) is 0 Å². The Bertz CT molecular complexity index is 163. The molecule has 1 aliphatic carbocycles. The molecule has 0 radical (unpaired) electrons. The van der Waals surface area contributed by atoms with Gasteiger partial charge in [-0.25, -0.2) is 0 Å². The van der Waals surface area contributed by atoms with E-state index in [-0.39, 0.29) is 17.2 Å². The highest BCUT2D eigenvalue weighted by atomic mass is 16.6. The Labute approximate surface area is 60.7 Å². The maximum Gasteiger partial charge on any atom is 0.124 e. The fourth-order valence-electron chi connectivity index (χ4n) is 1.95. The molecular weight excluding hydrogens is 128 g/mol. The first-order chi connectivity index (χ1) is 4.58. The Kier molecular flexibility index (Phi) is 1.02. The van der Waals surface area contributed by atoms with E-state index in [2.05, 4.69) is 0 Å². The van der Waals surface area contributed by atoms with Crippen LogP contribution in [-0.4, -0.2) is 23.8 Å². The van der Waals surface area contributed by atoms with Crippen LogP contribution in [0.5, 0.6) is 0 Å². The van der Waals surface area contributed by atoms with Crippen molar-refractivity contribution in [2.75, 3.05) is 6.61 Å². The third kappa shape index (κ3) is 0.557. The van der Waals surface area contributed by atoms with Gasteiger partial charge in [0, 0.05) is 11.6 Å². The van der Waals surface area contributed by atoms with Crippen molar-refractivity contribution in [2.24, 2.45) is 11.5 Å². The number of hydrogen-bond acceptors (Lipinski definition) is 3. The number of ether oxygens (including phenoxy) is 1. The molecule has 0 aromatic heterocycles. The molecule has 3 atom stereocenters. The first-order valence-electron chi connectivity index (χ1n) is 3.77. The molecule has 2 rings (SSSR count). The van der Waals surface area contributed by atoms with Gasteiger partial charge in [-0.3, -0.25) is 0 Å². The van der Waals surface area contributed by atoms with Gasteiger partial charge in [0.15, 0.2) is 0 Å². The molecule has 10 heavy (non-hydrogen) atoms. The van der Waals surface area contributed by atoms with E-state index >= 15 is 0 Å². The summed E-state index contributed by atoms with van der Waals surface area (Å²) in [6.07, 6.45) is 2.00. The Balaban J connectivity index is 2.27. The molecule has 58 valence electrons. The van der Waals surface area contributed by atoms with Crippen LogP contribution < -0.4 is 11.5 Å². The van der Waals surface area contributed by atoms with Gasteiger partial charge >= 0.3 is 0 Å². The maximum atomic E-state index is 6.00. The highest BCUT2D eigenvalue weighted by molar-refractivity contribution is 5.20. The summed E-state index contributed by atoms with van der Waals surface area (Å²) in [7, 11) is 0. The summed E-state index contributed by atoms with van der Waals surface area (Å²) in [5.41, 5.74) is 11.5. The minimum atomic E-state index is -0.174. The molecule has 0 aromatic carbocycles. The third-order valence-corrected chi connectivity index (χ3v) is 3.00. The lowest BCUT2D eigenvalue weighted by Crippen LogP contribution is -2.52. The van der Waals surface area contributed by atoms with E-state index in [4.69, 9.17) is 16.2 Å². The van der Waals surface area contributed by atoms with Crippen LogP contribution in [0.4, 0.5) is 0 Å². The summed E-state index contributed by atoms with van der Waals surface area (Å²) in [6.45, 7) is 2.80. The van der Waals surface area contributed by atoms with Crippen LogP contribution in [0.3, 0.4) is 0 Å². The van der Waals surface area contributed by atoms with Crippen LogP contribution in [0.25, 0.3) is 0 Å². The van der Waals surface area contributed by atoms with Gasteiger partial charge in [0.25, 0.3) is 0 Å². The molecule has 2 aliphatic rings. The number of nitrogens with two attached hydrogens (primary N) is 2. The van der Waals surface area contributed by atoms with Crippen LogP contribution in [0.2, 0.25) is 0 Å². The highest BCUT2D eigenvalue weighted by Gasteiger charge is 2.64. The Morgan fingerprint density at radius 2 is 2.20 bits per heavy atom. The first kappa shape index (κ1) is 6.58. The number of hydrogen-bond donors (Lipinski definition) is 2. The lowest BCUT2D eigenvalue weighted by atomic mass is 9.89. The van der Waals surface area contributed by atoms with Crippen molar-refractivity contribution < 1.29 is 4.74 Å². The first-order valence-corrected chi connectivity index (χ1v) is 3.77. The molecule has 1 heterocycles. The molecule has 0 bridgehead atoms. The molecule has 1 spiro atoms. The van der Waals surface area contributed by atoms with Gasteiger partial charge in [0.05, 0.1) is 6.61 Å². The average Bonchev–Trinajstić information content (AvgIpc) is 2.58. The van der Waals surface area contributed by atoms with Crippen molar-refractivity contribution in [2.45, 2.75) is 36.9 Å². The predicted molar refractivity (Wildman–Crippen MR) is 38.5 cm³/mol. The second kappa shape index (κ2) is 1.55. The SMILES string of the molecule is CC1(N)CCC(N)C12CO2. The van der Waals surface area contributed by atoms with Crippen molar-refractivity contribution in [1.82, 2.24) is 0 Å². The largest absolute Gasteiger partial charge is 0.366 e. The molecule has 1 saturated heterocycles. The second-order valence-electron chi connectivity index (χ2n) is 3.74. The smallest absolute Gasteiger partial charge is 0.124 e. The fraction of sp³-hybridized carbons (Fsp3) is 1.00. The van der Waals surface area contributed by atoms with Gasteiger partial charge in [-0.2, -0.15) is 0 Å². The van der Waals surface area contributed by atoms with Crippen LogP contribution in [-0.2, 0) is 4.74 Å². The Hall–Kier alpha value is -0.120. The molecule has 1 aliphatic heterocycles. The zero-order valence-corrected chi connectivity index (χ0v) is 6.26. The summed E-state index contributed by atoms with van der Waals surface area (Å²) in [5.74, 6) is 0. The average molecular weight is 142 g/mol. The lowest BCUT2D eigenvalue weighted by Gasteiger charge is -2.25. The van der Waals surface area contributed by atoms with Crippen LogP contribution in [0.1, 0.15) is 19.8 Å². The normalized spacial score (nSPS) is 59.7. The van der Waals surface area contributed by atoms with Crippen molar-refractivity contribution >= 4 is 0 Å². The van der Waals surface area contributed by atoms with Gasteiger partial charge in [-0.05, 0) is 19.8 Å². The van der Waals surface area contributed by atoms with E-state index < -0.39 is 0 Å². The van der Waals surface area contributed by atoms with E-state index in [1.165, 1.54) is 0 Å². The van der Waals surface area contributed by atoms with Crippen molar-refractivity contribution in [3.63, 3.8) is 0 Å². The summed E-state index contributed by atoms with van der Waals surface area (Å²) in [6, 6.07) is 0.169. The van der Waals surface area contributed by atoms with Gasteiger partial charge in [-0.15, -0.1) is 0 Å². The predicted octanol–water partition coefficient (Wildman–Crippen LogP) is -0.406. The fourth-order valence-corrected chi connectivity index (χ4v) is 1.95. The number of epoxide rings is 1. The van der Waals surface area contributed by atoms with Crippen LogP contribution in [0.15, 0.2) is 0 Å². The van der Waals surface area contributed by atoms with E-state index in [1.807, 2.05) is 6.92 Å².